The molecule has 0 aromatic heterocycles. The molecule has 2 aliphatic heterocycles. The van der Waals surface area contributed by atoms with Crippen LogP contribution in [0.1, 0.15) is 31.2 Å². The molecule has 1 aromatic carbocycles. The fraction of sp³-hybridized carbons (Fsp3) is 0.600. The number of halogens is 1. The molecule has 110 valence electrons. The first-order valence-corrected chi connectivity index (χ1v) is 7.67. The standard InChI is InChI=1S/C15H20ClNO3/c16-12-9-13-15(20-7-3-6-19-13)11(14(12)18)8-10-4-1-2-5-17-10/h9-10,17-18H,1-8H2. The van der Waals surface area contributed by atoms with Crippen LogP contribution in [-0.2, 0) is 6.42 Å². The Kier molecular flexibility index (Phi) is 4.22. The molecule has 0 amide bonds. The van der Waals surface area contributed by atoms with Gasteiger partial charge in [-0.3, -0.25) is 0 Å². The van der Waals surface area contributed by atoms with E-state index in [1.165, 1.54) is 12.8 Å². The molecular weight excluding hydrogens is 278 g/mol. The molecule has 0 radical (unpaired) electrons. The molecule has 1 fully saturated rings. The molecule has 1 saturated heterocycles. The van der Waals surface area contributed by atoms with Gasteiger partial charge in [-0.25, -0.2) is 0 Å². The molecule has 2 aliphatic rings. The van der Waals surface area contributed by atoms with E-state index < -0.39 is 0 Å². The summed E-state index contributed by atoms with van der Waals surface area (Å²) >= 11 is 6.12. The molecule has 4 nitrogen and oxygen atoms in total. The van der Waals surface area contributed by atoms with E-state index in [0.29, 0.717) is 35.8 Å². The minimum Gasteiger partial charge on any atom is -0.506 e. The van der Waals surface area contributed by atoms with E-state index in [9.17, 15) is 5.11 Å². The number of aromatic hydroxyl groups is 1. The minimum atomic E-state index is 0.128. The third-order valence-corrected chi connectivity index (χ3v) is 4.21. The van der Waals surface area contributed by atoms with Gasteiger partial charge in [-0.2, -0.15) is 0 Å². The Morgan fingerprint density at radius 1 is 1.25 bits per heavy atom. The molecule has 5 heteroatoms. The van der Waals surface area contributed by atoms with E-state index in [1.807, 2.05) is 0 Å². The second kappa shape index (κ2) is 6.10. The van der Waals surface area contributed by atoms with Crippen molar-refractivity contribution in [3.8, 4) is 17.2 Å². The fourth-order valence-electron chi connectivity index (χ4n) is 2.86. The summed E-state index contributed by atoms with van der Waals surface area (Å²) in [5, 5.41) is 14.1. The van der Waals surface area contributed by atoms with Crippen molar-refractivity contribution in [2.24, 2.45) is 0 Å². The van der Waals surface area contributed by atoms with E-state index in [1.54, 1.807) is 6.07 Å². The van der Waals surface area contributed by atoms with E-state index in [-0.39, 0.29) is 5.75 Å². The lowest BCUT2D eigenvalue weighted by atomic mass is 9.96. The van der Waals surface area contributed by atoms with E-state index >= 15 is 0 Å². The SMILES string of the molecule is Oc1c(Cl)cc2c(c1CC1CCCCN1)OCCCO2. The van der Waals surface area contributed by atoms with Crippen molar-refractivity contribution in [3.63, 3.8) is 0 Å². The average Bonchev–Trinajstić information content (AvgIpc) is 2.70. The Bertz CT molecular complexity index is 486. The van der Waals surface area contributed by atoms with Crippen LogP contribution in [0.3, 0.4) is 0 Å². The molecule has 2 N–H and O–H groups in total. The van der Waals surface area contributed by atoms with Crippen molar-refractivity contribution in [1.82, 2.24) is 5.32 Å². The number of rotatable bonds is 2. The van der Waals surface area contributed by atoms with Gasteiger partial charge in [0, 0.05) is 24.1 Å². The van der Waals surface area contributed by atoms with Crippen molar-refractivity contribution in [2.75, 3.05) is 19.8 Å². The van der Waals surface area contributed by atoms with Gasteiger partial charge in [0.2, 0.25) is 0 Å². The fourth-order valence-corrected chi connectivity index (χ4v) is 3.08. The van der Waals surface area contributed by atoms with E-state index in [2.05, 4.69) is 5.32 Å². The highest BCUT2D eigenvalue weighted by Crippen LogP contribution is 2.44. The summed E-state index contributed by atoms with van der Waals surface area (Å²) < 4.78 is 11.5. The summed E-state index contributed by atoms with van der Waals surface area (Å²) in [6.07, 6.45) is 5.11. The van der Waals surface area contributed by atoms with Gasteiger partial charge >= 0.3 is 0 Å². The number of phenolic OH excluding ortho intramolecular Hbond substituents is 1. The maximum atomic E-state index is 10.3. The van der Waals surface area contributed by atoms with Crippen molar-refractivity contribution in [3.05, 3.63) is 16.7 Å². The third-order valence-electron chi connectivity index (χ3n) is 3.92. The number of nitrogens with one attached hydrogen (secondary N) is 1. The van der Waals surface area contributed by atoms with E-state index in [4.69, 9.17) is 21.1 Å². The Morgan fingerprint density at radius 2 is 2.10 bits per heavy atom. The van der Waals surface area contributed by atoms with Crippen LogP contribution in [0.25, 0.3) is 0 Å². The zero-order chi connectivity index (χ0) is 13.9. The number of hydrogen-bond acceptors (Lipinski definition) is 4. The van der Waals surface area contributed by atoms with Crippen LogP contribution >= 0.6 is 11.6 Å². The minimum absolute atomic E-state index is 0.128. The molecule has 20 heavy (non-hydrogen) atoms. The zero-order valence-electron chi connectivity index (χ0n) is 11.5. The first kappa shape index (κ1) is 13.8. The Hall–Kier alpha value is -1.13. The lowest BCUT2D eigenvalue weighted by molar-refractivity contribution is 0.294. The van der Waals surface area contributed by atoms with Crippen LogP contribution in [0.4, 0.5) is 0 Å². The Morgan fingerprint density at radius 3 is 2.90 bits per heavy atom. The molecule has 2 heterocycles. The number of ether oxygens (including phenoxy) is 2. The number of piperidine rings is 1. The molecule has 0 spiro atoms. The number of fused-ring (bicyclic) bond motifs is 1. The molecule has 1 unspecified atom stereocenters. The number of phenols is 1. The quantitative estimate of drug-likeness (QED) is 0.881. The molecule has 0 saturated carbocycles. The van der Waals surface area contributed by atoms with Crippen LogP contribution < -0.4 is 14.8 Å². The monoisotopic (exact) mass is 297 g/mol. The summed E-state index contributed by atoms with van der Waals surface area (Å²) in [6, 6.07) is 2.01. The second-order valence-electron chi connectivity index (χ2n) is 5.41. The molecule has 0 aliphatic carbocycles. The number of benzene rings is 1. The maximum absolute atomic E-state index is 10.3. The van der Waals surface area contributed by atoms with Gasteiger partial charge in [-0.1, -0.05) is 18.0 Å². The normalized spacial score (nSPS) is 22.4. The highest BCUT2D eigenvalue weighted by Gasteiger charge is 2.24. The van der Waals surface area contributed by atoms with Gasteiger partial charge < -0.3 is 19.9 Å². The van der Waals surface area contributed by atoms with E-state index in [0.717, 1.165) is 31.4 Å². The largest absolute Gasteiger partial charge is 0.506 e. The lowest BCUT2D eigenvalue weighted by Crippen LogP contribution is -2.35. The summed E-state index contributed by atoms with van der Waals surface area (Å²) in [5.74, 6) is 1.44. The number of hydrogen-bond donors (Lipinski definition) is 2. The third kappa shape index (κ3) is 2.81. The van der Waals surface area contributed by atoms with Crippen LogP contribution in [0.2, 0.25) is 5.02 Å². The summed E-state index contributed by atoms with van der Waals surface area (Å²) in [6.45, 7) is 2.26. The molecular formula is C15H20ClNO3. The predicted molar refractivity (Wildman–Crippen MR) is 78.1 cm³/mol. The van der Waals surface area contributed by atoms with Crippen LogP contribution in [0.15, 0.2) is 6.07 Å². The van der Waals surface area contributed by atoms with Crippen molar-refractivity contribution in [1.29, 1.82) is 0 Å². The first-order chi connectivity index (χ1) is 9.75. The van der Waals surface area contributed by atoms with Crippen LogP contribution in [0.5, 0.6) is 17.2 Å². The van der Waals surface area contributed by atoms with Crippen molar-refractivity contribution in [2.45, 2.75) is 38.1 Å². The Labute approximate surface area is 124 Å². The van der Waals surface area contributed by atoms with Crippen LogP contribution in [0, 0.1) is 0 Å². The van der Waals surface area contributed by atoms with Crippen molar-refractivity contribution >= 4 is 11.6 Å². The van der Waals surface area contributed by atoms with Crippen molar-refractivity contribution < 1.29 is 14.6 Å². The molecule has 1 atom stereocenters. The summed E-state index contributed by atoms with van der Waals surface area (Å²) in [7, 11) is 0. The van der Waals surface area contributed by atoms with Gasteiger partial charge in [0.05, 0.1) is 18.2 Å². The van der Waals surface area contributed by atoms with Gasteiger partial charge in [0.15, 0.2) is 11.5 Å². The topological polar surface area (TPSA) is 50.7 Å². The summed E-state index contributed by atoms with van der Waals surface area (Å²) in [5.41, 5.74) is 0.772. The molecule has 1 aromatic rings. The first-order valence-electron chi connectivity index (χ1n) is 7.29. The van der Waals surface area contributed by atoms with Gasteiger partial charge in [-0.05, 0) is 25.8 Å². The molecule has 0 bridgehead atoms. The van der Waals surface area contributed by atoms with Gasteiger partial charge in [-0.15, -0.1) is 0 Å². The van der Waals surface area contributed by atoms with Gasteiger partial charge in [0.1, 0.15) is 5.75 Å². The lowest BCUT2D eigenvalue weighted by Gasteiger charge is -2.25. The molecule has 3 rings (SSSR count). The summed E-state index contributed by atoms with van der Waals surface area (Å²) in [4.78, 5) is 0. The highest BCUT2D eigenvalue weighted by atomic mass is 35.5. The highest BCUT2D eigenvalue weighted by molar-refractivity contribution is 6.32. The Balaban J connectivity index is 1.92. The maximum Gasteiger partial charge on any atom is 0.168 e. The smallest absolute Gasteiger partial charge is 0.168 e. The second-order valence-corrected chi connectivity index (χ2v) is 5.82. The average molecular weight is 298 g/mol. The van der Waals surface area contributed by atoms with Crippen LogP contribution in [-0.4, -0.2) is 30.9 Å². The zero-order valence-corrected chi connectivity index (χ0v) is 12.2. The predicted octanol–water partition coefficient (Wildman–Crippen LogP) is 2.89. The van der Waals surface area contributed by atoms with Gasteiger partial charge in [0.25, 0.3) is 0 Å².